The highest BCUT2D eigenvalue weighted by atomic mass is 16.5. The van der Waals surface area contributed by atoms with Crippen LogP contribution in [0.3, 0.4) is 0 Å². The van der Waals surface area contributed by atoms with Crippen LogP contribution in [0.2, 0.25) is 0 Å². The van der Waals surface area contributed by atoms with Crippen LogP contribution in [0.5, 0.6) is 5.75 Å². The molecule has 0 spiro atoms. The van der Waals surface area contributed by atoms with Gasteiger partial charge in [0.05, 0.1) is 25.1 Å². The molecule has 0 saturated carbocycles. The lowest BCUT2D eigenvalue weighted by Gasteiger charge is -2.27. The molecule has 0 radical (unpaired) electrons. The van der Waals surface area contributed by atoms with Crippen LogP contribution in [0.15, 0.2) is 59.9 Å². The molecule has 1 unspecified atom stereocenters. The van der Waals surface area contributed by atoms with Crippen LogP contribution < -0.4 is 9.64 Å². The molecule has 1 atom stereocenters. The molecule has 2 N–H and O–H groups in total. The van der Waals surface area contributed by atoms with Crippen molar-refractivity contribution >= 4 is 23.3 Å². The van der Waals surface area contributed by atoms with Gasteiger partial charge in [-0.3, -0.25) is 19.3 Å². The monoisotopic (exact) mass is 423 g/mol. The van der Waals surface area contributed by atoms with Gasteiger partial charge in [-0.25, -0.2) is 0 Å². The first kappa shape index (κ1) is 22.1. The molecular weight excluding hydrogens is 398 g/mol. The van der Waals surface area contributed by atoms with Crippen LogP contribution >= 0.6 is 0 Å². The molecule has 2 aromatic rings. The Morgan fingerprint density at radius 2 is 1.68 bits per heavy atom. The van der Waals surface area contributed by atoms with Gasteiger partial charge in [-0.05, 0) is 41.3 Å². The summed E-state index contributed by atoms with van der Waals surface area (Å²) in [4.78, 5) is 38.3. The molecule has 0 aromatic heterocycles. The number of ketones is 1. The third-order valence-corrected chi connectivity index (χ3v) is 5.10. The summed E-state index contributed by atoms with van der Waals surface area (Å²) >= 11 is 0. The molecule has 1 aliphatic rings. The average molecular weight is 423 g/mol. The first-order valence-corrected chi connectivity index (χ1v) is 9.97. The van der Waals surface area contributed by atoms with Gasteiger partial charge in [0.1, 0.15) is 5.75 Å². The number of ether oxygens (including phenoxy) is 1. The number of carboxylic acids is 1. The number of methoxy groups -OCH3 is 1. The Morgan fingerprint density at radius 3 is 2.19 bits per heavy atom. The molecule has 1 aliphatic heterocycles. The van der Waals surface area contributed by atoms with Gasteiger partial charge >= 0.3 is 5.97 Å². The van der Waals surface area contributed by atoms with E-state index in [1.54, 1.807) is 55.6 Å². The Balaban J connectivity index is 2.07. The summed E-state index contributed by atoms with van der Waals surface area (Å²) in [5.74, 6) is -1.78. The highest BCUT2D eigenvalue weighted by Gasteiger charge is 2.44. The summed E-state index contributed by atoms with van der Waals surface area (Å²) in [6, 6.07) is 12.6. The second-order valence-corrected chi connectivity index (χ2v) is 7.87. The van der Waals surface area contributed by atoms with Crippen molar-refractivity contribution in [2.45, 2.75) is 32.7 Å². The van der Waals surface area contributed by atoms with Crippen LogP contribution in [0.1, 0.15) is 37.4 Å². The SMILES string of the molecule is COc1ccc(C2C(C(=O)CC(C)C)=C(O)C(=O)N2c2ccc(CC(=O)O)cc2)cc1. The first-order valence-electron chi connectivity index (χ1n) is 9.97. The first-order chi connectivity index (χ1) is 14.7. The molecule has 3 rings (SSSR count). The van der Waals surface area contributed by atoms with E-state index in [9.17, 15) is 19.5 Å². The number of benzene rings is 2. The third-order valence-electron chi connectivity index (χ3n) is 5.10. The number of aliphatic hydroxyl groups excluding tert-OH is 1. The minimum atomic E-state index is -0.956. The molecule has 7 nitrogen and oxygen atoms in total. The number of anilines is 1. The number of nitrogens with zero attached hydrogens (tertiary/aromatic N) is 1. The Hall–Kier alpha value is -3.61. The van der Waals surface area contributed by atoms with Gasteiger partial charge in [-0.15, -0.1) is 0 Å². The van der Waals surface area contributed by atoms with Crippen molar-refractivity contribution < 1.29 is 29.3 Å². The van der Waals surface area contributed by atoms with Gasteiger partial charge < -0.3 is 14.9 Å². The van der Waals surface area contributed by atoms with Gasteiger partial charge in [0.2, 0.25) is 0 Å². The Morgan fingerprint density at radius 1 is 1.06 bits per heavy atom. The minimum absolute atomic E-state index is 0.0590. The Bertz CT molecular complexity index is 1020. The quantitative estimate of drug-likeness (QED) is 0.669. The van der Waals surface area contributed by atoms with Crippen molar-refractivity contribution in [2.24, 2.45) is 5.92 Å². The molecule has 7 heteroatoms. The number of aliphatic hydroxyl groups is 1. The zero-order valence-electron chi connectivity index (χ0n) is 17.7. The number of hydrogen-bond donors (Lipinski definition) is 2. The van der Waals surface area contributed by atoms with Crippen molar-refractivity contribution in [1.82, 2.24) is 0 Å². The zero-order valence-corrected chi connectivity index (χ0v) is 17.7. The van der Waals surface area contributed by atoms with Crippen LogP contribution in [0.25, 0.3) is 0 Å². The van der Waals surface area contributed by atoms with E-state index in [0.29, 0.717) is 22.6 Å². The molecular formula is C24H25NO6. The normalized spacial score (nSPS) is 16.2. The van der Waals surface area contributed by atoms with Crippen molar-refractivity contribution in [2.75, 3.05) is 12.0 Å². The molecule has 0 saturated heterocycles. The Kier molecular flexibility index (Phi) is 6.44. The van der Waals surface area contributed by atoms with Crippen molar-refractivity contribution in [3.63, 3.8) is 0 Å². The van der Waals surface area contributed by atoms with E-state index in [-0.39, 0.29) is 30.1 Å². The predicted molar refractivity (Wildman–Crippen MR) is 115 cm³/mol. The number of hydrogen-bond acceptors (Lipinski definition) is 5. The maximum absolute atomic E-state index is 13.0. The molecule has 162 valence electrons. The van der Waals surface area contributed by atoms with Crippen molar-refractivity contribution in [3.05, 3.63) is 71.0 Å². The molecule has 31 heavy (non-hydrogen) atoms. The molecule has 0 fully saturated rings. The number of aliphatic carboxylic acids is 1. The molecule has 2 aromatic carbocycles. The molecule has 1 heterocycles. The van der Waals surface area contributed by atoms with Crippen LogP contribution in [0.4, 0.5) is 5.69 Å². The van der Waals surface area contributed by atoms with E-state index >= 15 is 0 Å². The van der Waals surface area contributed by atoms with Crippen molar-refractivity contribution in [3.8, 4) is 5.75 Å². The topological polar surface area (TPSA) is 104 Å². The highest BCUT2D eigenvalue weighted by molar-refractivity contribution is 6.16. The zero-order chi connectivity index (χ0) is 22.7. The standard InChI is InChI=1S/C24H25NO6/c1-14(2)12-19(26)21-22(16-6-10-18(31-3)11-7-16)25(24(30)23(21)29)17-8-4-15(5-9-17)13-20(27)28/h4-11,14,22,29H,12-13H2,1-3H3,(H,27,28). The number of carbonyl (C=O) groups excluding carboxylic acids is 2. The number of carboxylic acid groups (broad SMARTS) is 1. The number of carbonyl (C=O) groups is 3. The van der Waals surface area contributed by atoms with E-state index in [0.717, 1.165) is 0 Å². The lowest BCUT2D eigenvalue weighted by molar-refractivity contribution is -0.136. The number of rotatable bonds is 8. The summed E-state index contributed by atoms with van der Waals surface area (Å²) in [7, 11) is 1.54. The predicted octanol–water partition coefficient (Wildman–Crippen LogP) is 3.84. The van der Waals surface area contributed by atoms with Gasteiger partial charge in [0.25, 0.3) is 5.91 Å². The largest absolute Gasteiger partial charge is 0.503 e. The van der Waals surface area contributed by atoms with Crippen LogP contribution in [0, 0.1) is 5.92 Å². The molecule has 1 amide bonds. The minimum Gasteiger partial charge on any atom is -0.503 e. The summed E-state index contributed by atoms with van der Waals surface area (Å²) in [5.41, 5.74) is 1.76. The summed E-state index contributed by atoms with van der Waals surface area (Å²) in [6.45, 7) is 3.79. The second-order valence-electron chi connectivity index (χ2n) is 7.87. The maximum atomic E-state index is 13.0. The van der Waals surface area contributed by atoms with E-state index < -0.39 is 23.7 Å². The highest BCUT2D eigenvalue weighted by Crippen LogP contribution is 2.42. The average Bonchev–Trinajstić information content (AvgIpc) is 2.99. The fourth-order valence-corrected chi connectivity index (χ4v) is 3.69. The van der Waals surface area contributed by atoms with Gasteiger partial charge in [0.15, 0.2) is 11.5 Å². The van der Waals surface area contributed by atoms with E-state index in [1.165, 1.54) is 4.90 Å². The van der Waals surface area contributed by atoms with E-state index in [1.807, 2.05) is 13.8 Å². The van der Waals surface area contributed by atoms with Crippen molar-refractivity contribution in [1.29, 1.82) is 0 Å². The number of amides is 1. The third kappa shape index (κ3) is 4.60. The fourth-order valence-electron chi connectivity index (χ4n) is 3.69. The lowest BCUT2D eigenvalue weighted by atomic mass is 9.92. The van der Waals surface area contributed by atoms with Crippen LogP contribution in [-0.2, 0) is 20.8 Å². The van der Waals surface area contributed by atoms with Gasteiger partial charge in [-0.2, -0.15) is 0 Å². The fraction of sp³-hybridized carbons (Fsp3) is 0.292. The van der Waals surface area contributed by atoms with Crippen LogP contribution in [-0.4, -0.2) is 35.0 Å². The van der Waals surface area contributed by atoms with Gasteiger partial charge in [-0.1, -0.05) is 38.1 Å². The van der Waals surface area contributed by atoms with E-state index in [2.05, 4.69) is 0 Å². The Labute approximate surface area is 180 Å². The smallest absolute Gasteiger partial charge is 0.307 e. The van der Waals surface area contributed by atoms with Gasteiger partial charge in [0, 0.05) is 12.1 Å². The maximum Gasteiger partial charge on any atom is 0.307 e. The van der Waals surface area contributed by atoms with E-state index in [4.69, 9.17) is 9.84 Å². The summed E-state index contributed by atoms with van der Waals surface area (Å²) < 4.78 is 5.20. The summed E-state index contributed by atoms with van der Waals surface area (Å²) in [6.07, 6.45) is 0.0580. The molecule has 0 bridgehead atoms. The summed E-state index contributed by atoms with van der Waals surface area (Å²) in [5, 5.41) is 19.6. The lowest BCUT2D eigenvalue weighted by Crippen LogP contribution is -2.31. The molecule has 0 aliphatic carbocycles. The number of Topliss-reactive ketones (excluding diaryl/α,β-unsaturated/α-hetero) is 1. The second kappa shape index (κ2) is 9.04.